The molecule has 80 valence electrons. The summed E-state index contributed by atoms with van der Waals surface area (Å²) in [5.41, 5.74) is 2.24. The maximum atomic E-state index is 8.99. The molecular formula is C13H18N2. The summed E-state index contributed by atoms with van der Waals surface area (Å²) in [6, 6.07) is 10.3. The Hall–Kier alpha value is -1.49. The van der Waals surface area contributed by atoms with Crippen molar-refractivity contribution in [3.8, 4) is 6.07 Å². The fourth-order valence-electron chi connectivity index (χ4n) is 1.55. The number of nitrogens with zero attached hydrogens (tertiary/aromatic N) is 1. The molecule has 0 saturated carbocycles. The Morgan fingerprint density at radius 1 is 1.40 bits per heavy atom. The molecular weight excluding hydrogens is 184 g/mol. The predicted octanol–water partition coefficient (Wildman–Crippen LogP) is 3.35. The number of hydrogen-bond donors (Lipinski definition) is 1. The molecule has 1 aromatic rings. The lowest BCUT2D eigenvalue weighted by Gasteiger charge is -2.15. The molecule has 0 spiro atoms. The lowest BCUT2D eigenvalue weighted by Crippen LogP contribution is -2.19. The highest BCUT2D eigenvalue weighted by Crippen LogP contribution is 2.14. The molecule has 1 unspecified atom stereocenters. The molecule has 1 atom stereocenters. The van der Waals surface area contributed by atoms with Crippen molar-refractivity contribution in [1.82, 2.24) is 0 Å². The Morgan fingerprint density at radius 2 is 2.13 bits per heavy atom. The number of nitriles is 1. The summed E-state index contributed by atoms with van der Waals surface area (Å²) in [6.45, 7) is 6.31. The van der Waals surface area contributed by atoms with Crippen molar-refractivity contribution in [2.75, 3.05) is 5.32 Å². The van der Waals surface area contributed by atoms with Gasteiger partial charge in [0.2, 0.25) is 0 Å². The van der Waals surface area contributed by atoms with E-state index in [0.29, 0.717) is 5.92 Å². The SMILES string of the molecule is Cc1cccc(NC(C#N)CC(C)C)c1. The highest BCUT2D eigenvalue weighted by atomic mass is 14.9. The van der Waals surface area contributed by atoms with Crippen LogP contribution in [0.3, 0.4) is 0 Å². The van der Waals surface area contributed by atoms with E-state index in [1.165, 1.54) is 5.56 Å². The Morgan fingerprint density at radius 3 is 2.67 bits per heavy atom. The summed E-state index contributed by atoms with van der Waals surface area (Å²) >= 11 is 0. The van der Waals surface area contributed by atoms with Crippen LogP contribution in [-0.4, -0.2) is 6.04 Å². The van der Waals surface area contributed by atoms with Gasteiger partial charge in [-0.05, 0) is 37.0 Å². The van der Waals surface area contributed by atoms with Crippen molar-refractivity contribution in [3.05, 3.63) is 29.8 Å². The molecule has 0 aromatic heterocycles. The van der Waals surface area contributed by atoms with Gasteiger partial charge in [0.25, 0.3) is 0 Å². The summed E-state index contributed by atoms with van der Waals surface area (Å²) in [7, 11) is 0. The number of benzene rings is 1. The van der Waals surface area contributed by atoms with Crippen LogP contribution in [0.4, 0.5) is 5.69 Å². The van der Waals surface area contributed by atoms with E-state index in [1.54, 1.807) is 0 Å². The highest BCUT2D eigenvalue weighted by Gasteiger charge is 2.08. The summed E-state index contributed by atoms with van der Waals surface area (Å²) in [4.78, 5) is 0. The molecule has 0 aliphatic rings. The molecule has 0 saturated heterocycles. The van der Waals surface area contributed by atoms with Gasteiger partial charge in [-0.15, -0.1) is 0 Å². The van der Waals surface area contributed by atoms with Gasteiger partial charge in [-0.25, -0.2) is 0 Å². The Balaban J connectivity index is 2.63. The molecule has 0 bridgehead atoms. The fraction of sp³-hybridized carbons (Fsp3) is 0.462. The van der Waals surface area contributed by atoms with Crippen LogP contribution in [-0.2, 0) is 0 Å². The Labute approximate surface area is 91.9 Å². The molecule has 0 radical (unpaired) electrons. The smallest absolute Gasteiger partial charge is 0.114 e. The van der Waals surface area contributed by atoms with Gasteiger partial charge < -0.3 is 5.32 Å². The van der Waals surface area contributed by atoms with E-state index in [0.717, 1.165) is 12.1 Å². The van der Waals surface area contributed by atoms with Gasteiger partial charge in [0.05, 0.1) is 6.07 Å². The summed E-state index contributed by atoms with van der Waals surface area (Å²) in [6.07, 6.45) is 0.879. The zero-order chi connectivity index (χ0) is 11.3. The van der Waals surface area contributed by atoms with Crippen LogP contribution in [0.2, 0.25) is 0 Å². The van der Waals surface area contributed by atoms with Crippen LogP contribution in [0.5, 0.6) is 0 Å². The second kappa shape index (κ2) is 5.41. The van der Waals surface area contributed by atoms with Crippen LogP contribution in [0.15, 0.2) is 24.3 Å². The molecule has 1 N–H and O–H groups in total. The van der Waals surface area contributed by atoms with Crippen LogP contribution < -0.4 is 5.32 Å². The molecule has 0 fully saturated rings. The average Bonchev–Trinajstić information content (AvgIpc) is 2.16. The summed E-state index contributed by atoms with van der Waals surface area (Å²) in [5.74, 6) is 0.534. The van der Waals surface area contributed by atoms with E-state index in [4.69, 9.17) is 5.26 Å². The monoisotopic (exact) mass is 202 g/mol. The molecule has 0 aliphatic heterocycles. The second-order valence-electron chi connectivity index (χ2n) is 4.33. The van der Waals surface area contributed by atoms with Gasteiger partial charge in [0.1, 0.15) is 6.04 Å². The predicted molar refractivity (Wildman–Crippen MR) is 63.7 cm³/mol. The minimum absolute atomic E-state index is 0.0909. The Kier molecular flexibility index (Phi) is 4.17. The standard InChI is InChI=1S/C13H18N2/c1-10(2)7-13(9-14)15-12-6-4-5-11(3)8-12/h4-6,8,10,13,15H,7H2,1-3H3. The first-order valence-electron chi connectivity index (χ1n) is 5.34. The highest BCUT2D eigenvalue weighted by molar-refractivity contribution is 5.47. The molecule has 0 aliphatic carbocycles. The van der Waals surface area contributed by atoms with Gasteiger partial charge in [-0.3, -0.25) is 0 Å². The number of hydrogen-bond acceptors (Lipinski definition) is 2. The van der Waals surface area contributed by atoms with Gasteiger partial charge in [-0.2, -0.15) is 5.26 Å². The quantitative estimate of drug-likeness (QED) is 0.812. The van der Waals surface area contributed by atoms with Crippen molar-refractivity contribution in [2.24, 2.45) is 5.92 Å². The lowest BCUT2D eigenvalue weighted by atomic mass is 10.0. The van der Waals surface area contributed by atoms with Gasteiger partial charge in [0, 0.05) is 5.69 Å². The van der Waals surface area contributed by atoms with Gasteiger partial charge >= 0.3 is 0 Å². The van der Waals surface area contributed by atoms with Gasteiger partial charge in [0.15, 0.2) is 0 Å². The van der Waals surface area contributed by atoms with Crippen LogP contribution >= 0.6 is 0 Å². The average molecular weight is 202 g/mol. The zero-order valence-electron chi connectivity index (χ0n) is 9.62. The minimum Gasteiger partial charge on any atom is -0.370 e. The van der Waals surface area contributed by atoms with Crippen LogP contribution in [0.1, 0.15) is 25.8 Å². The third kappa shape index (κ3) is 4.03. The topological polar surface area (TPSA) is 35.8 Å². The molecule has 1 rings (SSSR count). The maximum absolute atomic E-state index is 8.99. The molecule has 2 heteroatoms. The minimum atomic E-state index is -0.0909. The summed E-state index contributed by atoms with van der Waals surface area (Å²) in [5, 5.41) is 12.2. The largest absolute Gasteiger partial charge is 0.370 e. The van der Waals surface area contributed by atoms with Crippen molar-refractivity contribution >= 4 is 5.69 Å². The van der Waals surface area contributed by atoms with E-state index in [-0.39, 0.29) is 6.04 Å². The first-order valence-corrected chi connectivity index (χ1v) is 5.34. The van der Waals surface area contributed by atoms with Crippen molar-refractivity contribution in [2.45, 2.75) is 33.2 Å². The first kappa shape index (κ1) is 11.6. The Bertz CT molecular complexity index is 350. The second-order valence-corrected chi connectivity index (χ2v) is 4.33. The third-order valence-corrected chi connectivity index (χ3v) is 2.22. The first-order chi connectivity index (χ1) is 7.11. The molecule has 0 amide bonds. The maximum Gasteiger partial charge on any atom is 0.114 e. The fourth-order valence-corrected chi connectivity index (χ4v) is 1.55. The van der Waals surface area contributed by atoms with E-state index < -0.39 is 0 Å². The van der Waals surface area contributed by atoms with Gasteiger partial charge in [-0.1, -0.05) is 26.0 Å². The van der Waals surface area contributed by atoms with Crippen molar-refractivity contribution in [3.63, 3.8) is 0 Å². The molecule has 2 nitrogen and oxygen atoms in total. The number of rotatable bonds is 4. The lowest BCUT2D eigenvalue weighted by molar-refractivity contribution is 0.568. The summed E-state index contributed by atoms with van der Waals surface area (Å²) < 4.78 is 0. The zero-order valence-corrected chi connectivity index (χ0v) is 9.62. The van der Waals surface area contributed by atoms with E-state index in [1.807, 2.05) is 12.1 Å². The van der Waals surface area contributed by atoms with Crippen molar-refractivity contribution < 1.29 is 0 Å². The number of nitrogens with one attached hydrogen (secondary N) is 1. The van der Waals surface area contributed by atoms with Crippen LogP contribution in [0, 0.1) is 24.2 Å². The number of anilines is 1. The molecule has 1 aromatic carbocycles. The van der Waals surface area contributed by atoms with Crippen LogP contribution in [0.25, 0.3) is 0 Å². The number of aryl methyl sites for hydroxylation is 1. The van der Waals surface area contributed by atoms with Crippen molar-refractivity contribution in [1.29, 1.82) is 5.26 Å². The van der Waals surface area contributed by atoms with E-state index in [2.05, 4.69) is 44.3 Å². The third-order valence-electron chi connectivity index (χ3n) is 2.22. The van der Waals surface area contributed by atoms with E-state index >= 15 is 0 Å². The molecule has 15 heavy (non-hydrogen) atoms. The van der Waals surface area contributed by atoms with E-state index in [9.17, 15) is 0 Å². The normalized spacial score (nSPS) is 12.2. The molecule has 0 heterocycles.